The van der Waals surface area contributed by atoms with E-state index in [2.05, 4.69) is 4.72 Å². The molecule has 0 aliphatic rings. The maximum absolute atomic E-state index is 13.6. The molecule has 130 valence electrons. The van der Waals surface area contributed by atoms with E-state index in [1.807, 2.05) is 13.8 Å². The second kappa shape index (κ2) is 12.6. The standard InChI is InChI=1S/C12H18FNO3S2.C2H6.CH3.Cs/c1-11(2,3)17-10(15)14-19-9-7(13)6-8(18-9)12(4,5)16;1-2;;/h6,16H,1-5H3,(H,14,15);1-2H3;1H3;/q;;-1;+1. The molecular weight excluding hydrogens is 458 g/mol. The molecule has 0 saturated carbocycles. The Morgan fingerprint density at radius 3 is 2.13 bits per heavy atom. The molecule has 1 aromatic heterocycles. The molecule has 0 aliphatic carbocycles. The smallest absolute Gasteiger partial charge is 0.443 e. The maximum atomic E-state index is 13.6. The summed E-state index contributed by atoms with van der Waals surface area (Å²) in [6.07, 6.45) is -0.630. The van der Waals surface area contributed by atoms with Crippen LogP contribution in [0.25, 0.3) is 0 Å². The first-order chi connectivity index (χ1) is 9.49. The Balaban J connectivity index is -0.000000960. The third-order valence-electron chi connectivity index (χ3n) is 1.88. The molecule has 1 heterocycles. The normalized spacial score (nSPS) is 10.5. The van der Waals surface area contributed by atoms with Gasteiger partial charge in [-0.05, 0) is 40.7 Å². The first-order valence-corrected chi connectivity index (χ1v) is 8.30. The predicted octanol–water partition coefficient (Wildman–Crippen LogP) is 2.13. The van der Waals surface area contributed by atoms with E-state index in [9.17, 15) is 14.3 Å². The molecular formula is C15H27CsFNO3S2. The van der Waals surface area contributed by atoms with Crippen LogP contribution in [-0.2, 0) is 10.3 Å². The summed E-state index contributed by atoms with van der Waals surface area (Å²) >= 11 is 1.93. The minimum atomic E-state index is -1.10. The molecule has 0 fully saturated rings. The Morgan fingerprint density at radius 1 is 1.30 bits per heavy atom. The van der Waals surface area contributed by atoms with Crippen LogP contribution in [0.4, 0.5) is 9.18 Å². The topological polar surface area (TPSA) is 58.6 Å². The summed E-state index contributed by atoms with van der Waals surface area (Å²) in [5, 5.41) is 9.78. The van der Waals surface area contributed by atoms with E-state index >= 15 is 0 Å². The van der Waals surface area contributed by atoms with Crippen LogP contribution in [0.3, 0.4) is 0 Å². The number of halogens is 1. The van der Waals surface area contributed by atoms with Gasteiger partial charge in [0.15, 0.2) is 0 Å². The average molecular weight is 485 g/mol. The second-order valence-electron chi connectivity index (χ2n) is 5.51. The van der Waals surface area contributed by atoms with Crippen LogP contribution < -0.4 is 73.6 Å². The number of thiophene rings is 1. The van der Waals surface area contributed by atoms with Crippen molar-refractivity contribution in [3.8, 4) is 0 Å². The zero-order chi connectivity index (χ0) is 16.8. The summed E-state index contributed by atoms with van der Waals surface area (Å²) in [5.41, 5.74) is -1.70. The molecule has 0 aromatic carbocycles. The zero-order valence-electron chi connectivity index (χ0n) is 15.5. The fourth-order valence-electron chi connectivity index (χ4n) is 1.11. The van der Waals surface area contributed by atoms with Crippen LogP contribution in [0.2, 0.25) is 0 Å². The molecule has 0 spiro atoms. The van der Waals surface area contributed by atoms with Crippen molar-refractivity contribution < 1.29 is 87.9 Å². The fourth-order valence-corrected chi connectivity index (χ4v) is 2.81. The number of carbonyl (C=O) groups is 1. The molecule has 0 bridgehead atoms. The van der Waals surface area contributed by atoms with Gasteiger partial charge in [-0.2, -0.15) is 0 Å². The molecule has 4 nitrogen and oxygen atoms in total. The van der Waals surface area contributed by atoms with Crippen LogP contribution in [-0.4, -0.2) is 16.8 Å². The molecule has 0 unspecified atom stereocenters. The third-order valence-corrected chi connectivity index (χ3v) is 4.25. The molecule has 8 heteroatoms. The number of hydrogen-bond acceptors (Lipinski definition) is 5. The number of ether oxygens (including phenoxy) is 1. The van der Waals surface area contributed by atoms with Crippen molar-refractivity contribution in [3.05, 3.63) is 24.2 Å². The third kappa shape index (κ3) is 12.3. The molecule has 0 aliphatic heterocycles. The Labute approximate surface area is 206 Å². The van der Waals surface area contributed by atoms with E-state index in [0.29, 0.717) is 4.88 Å². The summed E-state index contributed by atoms with van der Waals surface area (Å²) < 4.78 is 21.3. The molecule has 0 saturated heterocycles. The van der Waals surface area contributed by atoms with Crippen molar-refractivity contribution >= 4 is 29.4 Å². The minimum absolute atomic E-state index is 0. The second-order valence-corrected chi connectivity index (χ2v) is 7.64. The summed E-state index contributed by atoms with van der Waals surface area (Å²) in [6.45, 7) is 12.4. The van der Waals surface area contributed by atoms with E-state index in [1.54, 1.807) is 34.6 Å². The van der Waals surface area contributed by atoms with Gasteiger partial charge in [0.05, 0.1) is 5.60 Å². The molecule has 1 aromatic rings. The van der Waals surface area contributed by atoms with Crippen LogP contribution in [0, 0.1) is 13.2 Å². The number of nitrogens with one attached hydrogen (secondary N) is 1. The Hall–Kier alpha value is 1.26. The molecule has 23 heavy (non-hydrogen) atoms. The van der Waals surface area contributed by atoms with Gasteiger partial charge < -0.3 is 17.3 Å². The van der Waals surface area contributed by atoms with Crippen LogP contribution in [0.5, 0.6) is 0 Å². The van der Waals surface area contributed by atoms with Gasteiger partial charge in [0.2, 0.25) is 0 Å². The van der Waals surface area contributed by atoms with Crippen molar-refractivity contribution in [2.45, 2.75) is 63.9 Å². The zero-order valence-corrected chi connectivity index (χ0v) is 23.4. The summed E-state index contributed by atoms with van der Waals surface area (Å²) in [5.74, 6) is -0.469. The van der Waals surface area contributed by atoms with Gasteiger partial charge in [-0.15, -0.1) is 11.3 Å². The van der Waals surface area contributed by atoms with E-state index < -0.39 is 23.1 Å². The summed E-state index contributed by atoms with van der Waals surface area (Å²) in [7, 11) is 0. The maximum Gasteiger partial charge on any atom is 1.00 e. The summed E-state index contributed by atoms with van der Waals surface area (Å²) in [6, 6.07) is 1.27. The first-order valence-electron chi connectivity index (χ1n) is 6.67. The summed E-state index contributed by atoms with van der Waals surface area (Å²) in [4.78, 5) is 11.9. The van der Waals surface area contributed by atoms with Gasteiger partial charge in [-0.3, -0.25) is 4.72 Å². The van der Waals surface area contributed by atoms with Crippen molar-refractivity contribution in [1.29, 1.82) is 0 Å². The largest absolute Gasteiger partial charge is 1.00 e. The molecule has 0 atom stereocenters. The van der Waals surface area contributed by atoms with Crippen molar-refractivity contribution in [3.63, 3.8) is 0 Å². The van der Waals surface area contributed by atoms with Crippen molar-refractivity contribution in [2.24, 2.45) is 0 Å². The Bertz CT molecular complexity index is 468. The Kier molecular flexibility index (Phi) is 15.9. The van der Waals surface area contributed by atoms with Gasteiger partial charge in [-0.1, -0.05) is 13.8 Å². The Morgan fingerprint density at radius 2 is 1.78 bits per heavy atom. The average Bonchev–Trinajstić information content (AvgIpc) is 2.68. The van der Waals surface area contributed by atoms with E-state index in [4.69, 9.17) is 4.74 Å². The van der Waals surface area contributed by atoms with Gasteiger partial charge in [0.1, 0.15) is 15.6 Å². The van der Waals surface area contributed by atoms with Gasteiger partial charge >= 0.3 is 75.0 Å². The number of aliphatic hydroxyl groups is 1. The van der Waals surface area contributed by atoms with Crippen LogP contribution in [0.15, 0.2) is 10.3 Å². The number of rotatable bonds is 3. The predicted molar refractivity (Wildman–Crippen MR) is 92.5 cm³/mol. The van der Waals surface area contributed by atoms with E-state index in [1.165, 1.54) is 6.07 Å². The van der Waals surface area contributed by atoms with Gasteiger partial charge in [-0.25, -0.2) is 9.18 Å². The van der Waals surface area contributed by atoms with Gasteiger partial charge in [0, 0.05) is 16.8 Å². The van der Waals surface area contributed by atoms with Crippen molar-refractivity contribution in [1.82, 2.24) is 4.72 Å². The molecule has 2 N–H and O–H groups in total. The van der Waals surface area contributed by atoms with E-state index in [0.717, 1.165) is 23.3 Å². The number of amides is 1. The number of hydrogen-bond donors (Lipinski definition) is 2. The van der Waals surface area contributed by atoms with Crippen LogP contribution >= 0.6 is 23.3 Å². The molecule has 0 radical (unpaired) electrons. The monoisotopic (exact) mass is 485 g/mol. The van der Waals surface area contributed by atoms with Crippen molar-refractivity contribution in [2.75, 3.05) is 0 Å². The van der Waals surface area contributed by atoms with Gasteiger partial charge in [0.25, 0.3) is 0 Å². The first kappa shape index (κ1) is 29.0. The fraction of sp³-hybridized carbons (Fsp3) is 0.600. The minimum Gasteiger partial charge on any atom is -0.443 e. The quantitative estimate of drug-likeness (QED) is 0.509. The SMILES string of the molecule is CC.CC(C)(C)OC(=O)NSc1sc(C(C)(C)O)cc1F.[CH3-].[Cs+]. The molecule has 1 amide bonds. The van der Waals surface area contributed by atoms with Crippen LogP contribution in [0.1, 0.15) is 53.3 Å². The number of carbonyl (C=O) groups excluding carboxylic acids is 1. The molecule has 1 rings (SSSR count). The van der Waals surface area contributed by atoms with E-state index in [-0.39, 0.29) is 80.5 Å².